The van der Waals surface area contributed by atoms with Gasteiger partial charge in [0.25, 0.3) is 5.91 Å². The number of piperidine rings is 1. The molecule has 1 fully saturated rings. The molecule has 2 rings (SSSR count). The van der Waals surface area contributed by atoms with E-state index in [2.05, 4.69) is 24.0 Å². The number of hydrogen-bond acceptors (Lipinski definition) is 2. The fraction of sp³-hybridized carbons (Fsp3) is 0.611. The van der Waals surface area contributed by atoms with Gasteiger partial charge in [-0.25, -0.2) is 0 Å². The van der Waals surface area contributed by atoms with Crippen LogP contribution in [-0.2, 0) is 6.54 Å². The molecule has 0 unspecified atom stereocenters. The predicted molar refractivity (Wildman–Crippen MR) is 87.4 cm³/mol. The monoisotopic (exact) mass is 288 g/mol. The van der Waals surface area contributed by atoms with Gasteiger partial charge in [-0.2, -0.15) is 0 Å². The Morgan fingerprint density at radius 3 is 2.48 bits per heavy atom. The number of nitrogens with zero attached hydrogens (tertiary/aromatic N) is 2. The van der Waals surface area contributed by atoms with Gasteiger partial charge >= 0.3 is 0 Å². The summed E-state index contributed by atoms with van der Waals surface area (Å²) >= 11 is 0. The molecule has 3 heteroatoms. The topological polar surface area (TPSA) is 23.6 Å². The Morgan fingerprint density at radius 2 is 1.90 bits per heavy atom. The Hall–Kier alpha value is -1.35. The van der Waals surface area contributed by atoms with Gasteiger partial charge in [0, 0.05) is 31.7 Å². The number of likely N-dealkylation sites (tertiary alicyclic amines) is 1. The van der Waals surface area contributed by atoms with Crippen LogP contribution in [0.4, 0.5) is 0 Å². The summed E-state index contributed by atoms with van der Waals surface area (Å²) in [6.45, 7) is 11.3. The molecule has 0 saturated carbocycles. The quantitative estimate of drug-likeness (QED) is 0.829. The summed E-state index contributed by atoms with van der Waals surface area (Å²) in [6.07, 6.45) is 2.66. The van der Waals surface area contributed by atoms with Crippen LogP contribution in [0.1, 0.15) is 49.5 Å². The van der Waals surface area contributed by atoms with Crippen molar-refractivity contribution in [1.82, 2.24) is 9.80 Å². The van der Waals surface area contributed by atoms with Gasteiger partial charge in [-0.15, -0.1) is 0 Å². The first-order valence-electron chi connectivity index (χ1n) is 8.24. The lowest BCUT2D eigenvalue weighted by atomic mass is 9.99. The molecule has 21 heavy (non-hydrogen) atoms. The highest BCUT2D eigenvalue weighted by Crippen LogP contribution is 2.18. The maximum absolute atomic E-state index is 12.3. The van der Waals surface area contributed by atoms with E-state index in [4.69, 9.17) is 0 Å². The minimum atomic E-state index is 0.137. The number of benzene rings is 1. The molecule has 116 valence electrons. The lowest BCUT2D eigenvalue weighted by Gasteiger charge is -2.30. The van der Waals surface area contributed by atoms with Crippen molar-refractivity contribution in [3.8, 4) is 0 Å². The molecule has 0 aliphatic carbocycles. The normalized spacial score (nSPS) is 19.5. The standard InChI is InChI=1S/C18H28N2O/c1-4-20(5-2)18(21)17-10-8-16(9-11-17)14-19-12-6-7-15(3)13-19/h8-11,15H,4-7,12-14H2,1-3H3/t15-/m0/s1. The van der Waals surface area contributed by atoms with Crippen LogP contribution in [0.2, 0.25) is 0 Å². The Morgan fingerprint density at radius 1 is 1.24 bits per heavy atom. The van der Waals surface area contributed by atoms with Crippen LogP contribution in [-0.4, -0.2) is 41.9 Å². The maximum Gasteiger partial charge on any atom is 0.253 e. The zero-order valence-corrected chi connectivity index (χ0v) is 13.6. The van der Waals surface area contributed by atoms with E-state index >= 15 is 0 Å². The molecule has 1 amide bonds. The third kappa shape index (κ3) is 4.31. The van der Waals surface area contributed by atoms with Gasteiger partial charge in [-0.3, -0.25) is 9.69 Å². The van der Waals surface area contributed by atoms with Gasteiger partial charge in [0.2, 0.25) is 0 Å². The lowest BCUT2D eigenvalue weighted by Crippen LogP contribution is -2.33. The Bertz CT molecular complexity index is 451. The van der Waals surface area contributed by atoms with Crippen molar-refractivity contribution in [2.45, 2.75) is 40.2 Å². The largest absolute Gasteiger partial charge is 0.339 e. The summed E-state index contributed by atoms with van der Waals surface area (Å²) in [5.41, 5.74) is 2.11. The van der Waals surface area contributed by atoms with Crippen molar-refractivity contribution in [3.63, 3.8) is 0 Å². The van der Waals surface area contributed by atoms with Crippen molar-refractivity contribution in [2.75, 3.05) is 26.2 Å². The van der Waals surface area contributed by atoms with E-state index in [0.717, 1.165) is 31.1 Å². The smallest absolute Gasteiger partial charge is 0.253 e. The van der Waals surface area contributed by atoms with E-state index in [0.29, 0.717) is 0 Å². The van der Waals surface area contributed by atoms with Gasteiger partial charge < -0.3 is 4.90 Å². The second-order valence-electron chi connectivity index (χ2n) is 6.16. The molecular weight excluding hydrogens is 260 g/mol. The molecule has 1 saturated heterocycles. The molecule has 1 heterocycles. The highest BCUT2D eigenvalue weighted by atomic mass is 16.2. The molecule has 1 aliphatic heterocycles. The molecule has 0 spiro atoms. The summed E-state index contributed by atoms with van der Waals surface area (Å²) in [5.74, 6) is 0.945. The molecule has 1 aromatic carbocycles. The number of amides is 1. The van der Waals surface area contributed by atoms with Crippen molar-refractivity contribution in [1.29, 1.82) is 0 Å². The molecule has 0 radical (unpaired) electrons. The summed E-state index contributed by atoms with van der Waals surface area (Å²) in [5, 5.41) is 0. The maximum atomic E-state index is 12.3. The molecule has 1 atom stereocenters. The average molecular weight is 288 g/mol. The third-order valence-electron chi connectivity index (χ3n) is 4.40. The fourth-order valence-corrected chi connectivity index (χ4v) is 3.13. The predicted octanol–water partition coefficient (Wildman–Crippen LogP) is 3.40. The number of carbonyl (C=O) groups excluding carboxylic acids is 1. The molecule has 0 bridgehead atoms. The minimum Gasteiger partial charge on any atom is -0.339 e. The van der Waals surface area contributed by atoms with E-state index in [1.54, 1.807) is 0 Å². The summed E-state index contributed by atoms with van der Waals surface area (Å²) in [6, 6.07) is 8.17. The van der Waals surface area contributed by atoms with E-state index in [9.17, 15) is 4.79 Å². The van der Waals surface area contributed by atoms with Gasteiger partial charge in [0.1, 0.15) is 0 Å². The molecule has 1 aromatic rings. The van der Waals surface area contributed by atoms with Crippen molar-refractivity contribution in [2.24, 2.45) is 5.92 Å². The van der Waals surface area contributed by atoms with Gasteiger partial charge in [-0.1, -0.05) is 19.1 Å². The molecule has 3 nitrogen and oxygen atoms in total. The zero-order valence-electron chi connectivity index (χ0n) is 13.6. The van der Waals surface area contributed by atoms with Gasteiger partial charge in [0.05, 0.1) is 0 Å². The van der Waals surface area contributed by atoms with Crippen LogP contribution in [0.15, 0.2) is 24.3 Å². The highest BCUT2D eigenvalue weighted by molar-refractivity contribution is 5.94. The second kappa shape index (κ2) is 7.60. The molecule has 1 aliphatic rings. The first-order chi connectivity index (χ1) is 10.1. The SMILES string of the molecule is CCN(CC)C(=O)c1ccc(CN2CCC[C@H](C)C2)cc1. The molecule has 0 N–H and O–H groups in total. The first kappa shape index (κ1) is 16.0. The number of rotatable bonds is 5. The van der Waals surface area contributed by atoms with E-state index in [1.165, 1.54) is 31.5 Å². The summed E-state index contributed by atoms with van der Waals surface area (Å²) in [7, 11) is 0. The first-order valence-corrected chi connectivity index (χ1v) is 8.24. The minimum absolute atomic E-state index is 0.137. The fourth-order valence-electron chi connectivity index (χ4n) is 3.13. The van der Waals surface area contributed by atoms with Gasteiger partial charge in [-0.05, 0) is 56.8 Å². The highest BCUT2D eigenvalue weighted by Gasteiger charge is 2.17. The number of hydrogen-bond donors (Lipinski definition) is 0. The molecule has 0 aromatic heterocycles. The summed E-state index contributed by atoms with van der Waals surface area (Å²) in [4.78, 5) is 16.7. The van der Waals surface area contributed by atoms with Crippen molar-refractivity contribution in [3.05, 3.63) is 35.4 Å². The summed E-state index contributed by atoms with van der Waals surface area (Å²) < 4.78 is 0. The van der Waals surface area contributed by atoms with E-state index in [-0.39, 0.29) is 5.91 Å². The van der Waals surface area contributed by atoms with Crippen LogP contribution >= 0.6 is 0 Å². The van der Waals surface area contributed by atoms with Crippen LogP contribution < -0.4 is 0 Å². The van der Waals surface area contributed by atoms with Crippen molar-refractivity contribution >= 4 is 5.91 Å². The third-order valence-corrected chi connectivity index (χ3v) is 4.40. The Labute approximate surface area is 128 Å². The van der Waals surface area contributed by atoms with Crippen LogP contribution in [0.5, 0.6) is 0 Å². The molecular formula is C18H28N2O. The van der Waals surface area contributed by atoms with E-state index in [1.807, 2.05) is 30.9 Å². The second-order valence-corrected chi connectivity index (χ2v) is 6.16. The lowest BCUT2D eigenvalue weighted by molar-refractivity contribution is 0.0773. The van der Waals surface area contributed by atoms with E-state index < -0.39 is 0 Å². The zero-order chi connectivity index (χ0) is 15.2. The van der Waals surface area contributed by atoms with Crippen molar-refractivity contribution < 1.29 is 4.79 Å². The average Bonchev–Trinajstić information content (AvgIpc) is 2.49. The van der Waals surface area contributed by atoms with Gasteiger partial charge in [0.15, 0.2) is 0 Å². The van der Waals surface area contributed by atoms with Crippen LogP contribution in [0.25, 0.3) is 0 Å². The van der Waals surface area contributed by atoms with Crippen LogP contribution in [0.3, 0.4) is 0 Å². The Kier molecular flexibility index (Phi) is 5.80. The van der Waals surface area contributed by atoms with Crippen LogP contribution in [0, 0.1) is 5.92 Å². The Balaban J connectivity index is 1.97. The number of carbonyl (C=O) groups is 1.